The van der Waals surface area contributed by atoms with Crippen molar-refractivity contribution < 1.29 is 18.3 Å². The number of piperidine rings is 1. The van der Waals surface area contributed by atoms with Crippen LogP contribution >= 0.6 is 11.6 Å². The highest BCUT2D eigenvalue weighted by Gasteiger charge is 2.26. The number of halogens is 1. The molecule has 1 fully saturated rings. The third kappa shape index (κ3) is 3.87. The summed E-state index contributed by atoms with van der Waals surface area (Å²) in [6.45, 7) is 0.833. The molecule has 2 aromatic heterocycles. The van der Waals surface area contributed by atoms with Gasteiger partial charge in [0.15, 0.2) is 26.8 Å². The summed E-state index contributed by atoms with van der Waals surface area (Å²) in [4.78, 5) is 21.1. The second-order valence-electron chi connectivity index (χ2n) is 6.97. The van der Waals surface area contributed by atoms with Crippen LogP contribution in [0.25, 0.3) is 11.2 Å². The zero-order valence-electron chi connectivity index (χ0n) is 15.9. The van der Waals surface area contributed by atoms with Gasteiger partial charge in [0, 0.05) is 19.3 Å². The molecular formula is C17H18ClN7O4S. The Morgan fingerprint density at radius 2 is 2.00 bits per heavy atom. The molecule has 0 aliphatic carbocycles. The Morgan fingerprint density at radius 3 is 2.63 bits per heavy atom. The van der Waals surface area contributed by atoms with E-state index in [9.17, 15) is 13.2 Å². The van der Waals surface area contributed by atoms with E-state index in [1.807, 2.05) is 0 Å². The molecule has 13 heteroatoms. The van der Waals surface area contributed by atoms with Crippen molar-refractivity contribution in [3.05, 3.63) is 29.5 Å². The van der Waals surface area contributed by atoms with Crippen molar-refractivity contribution in [2.45, 2.75) is 23.8 Å². The van der Waals surface area contributed by atoms with Crippen LogP contribution < -0.4 is 5.32 Å². The van der Waals surface area contributed by atoms with E-state index in [4.69, 9.17) is 16.7 Å². The van der Waals surface area contributed by atoms with Crippen LogP contribution in [0, 0.1) is 0 Å². The molecule has 1 aliphatic rings. The molecule has 3 aromatic rings. The molecule has 1 aliphatic heterocycles. The van der Waals surface area contributed by atoms with Gasteiger partial charge in [0.05, 0.1) is 21.6 Å². The fraction of sp³-hybridized carbons (Fsp3) is 0.353. The third-order valence-electron chi connectivity index (χ3n) is 4.96. The summed E-state index contributed by atoms with van der Waals surface area (Å²) in [5.41, 5.74) is 1.42. The minimum absolute atomic E-state index is 0.0222. The highest BCUT2D eigenvalue weighted by atomic mass is 35.5. The summed E-state index contributed by atoms with van der Waals surface area (Å²) in [5, 5.41) is 20.8. The Morgan fingerprint density at radius 1 is 1.27 bits per heavy atom. The summed E-state index contributed by atoms with van der Waals surface area (Å²) < 4.78 is 25.1. The van der Waals surface area contributed by atoms with Crippen LogP contribution in [0.2, 0.25) is 5.02 Å². The van der Waals surface area contributed by atoms with E-state index in [0.717, 1.165) is 6.26 Å². The summed E-state index contributed by atoms with van der Waals surface area (Å²) in [6.07, 6.45) is 2.77. The van der Waals surface area contributed by atoms with Gasteiger partial charge in [0.25, 0.3) is 0 Å². The normalized spacial score (nSPS) is 15.5. The Balaban J connectivity index is 1.61. The van der Waals surface area contributed by atoms with Gasteiger partial charge in [-0.05, 0) is 31.0 Å². The maximum atomic E-state index is 11.7. The second kappa shape index (κ2) is 7.69. The molecule has 0 radical (unpaired) electrons. The van der Waals surface area contributed by atoms with Gasteiger partial charge in [-0.1, -0.05) is 16.8 Å². The number of nitrogens with one attached hydrogen (secondary N) is 1. The van der Waals surface area contributed by atoms with Gasteiger partial charge in [-0.15, -0.1) is 5.10 Å². The fourth-order valence-electron chi connectivity index (χ4n) is 3.36. The maximum Gasteiger partial charge on any atom is 0.407 e. The molecule has 0 atom stereocenters. The van der Waals surface area contributed by atoms with Crippen molar-refractivity contribution in [1.29, 1.82) is 0 Å². The van der Waals surface area contributed by atoms with Gasteiger partial charge in [0.1, 0.15) is 6.33 Å². The van der Waals surface area contributed by atoms with Crippen LogP contribution in [0.15, 0.2) is 29.4 Å². The number of carbonyl (C=O) groups is 1. The summed E-state index contributed by atoms with van der Waals surface area (Å²) in [5.74, 6) is 0.378. The van der Waals surface area contributed by atoms with E-state index in [2.05, 4.69) is 25.6 Å². The first-order valence-electron chi connectivity index (χ1n) is 9.04. The quantitative estimate of drug-likeness (QED) is 0.610. The molecular weight excluding hydrogens is 434 g/mol. The number of fused-ring (bicyclic) bond motifs is 1. The fourth-order valence-corrected chi connectivity index (χ4v) is 4.30. The highest BCUT2D eigenvalue weighted by Crippen LogP contribution is 2.31. The van der Waals surface area contributed by atoms with Crippen molar-refractivity contribution in [1.82, 2.24) is 29.9 Å². The lowest BCUT2D eigenvalue weighted by atomic mass is 10.1. The van der Waals surface area contributed by atoms with E-state index < -0.39 is 15.9 Å². The van der Waals surface area contributed by atoms with Crippen LogP contribution in [0.5, 0.6) is 0 Å². The molecule has 11 nitrogen and oxygen atoms in total. The Bertz CT molecular complexity index is 1220. The number of amides is 1. The zero-order valence-corrected chi connectivity index (χ0v) is 17.4. The molecule has 0 unspecified atom stereocenters. The maximum absolute atomic E-state index is 11.7. The summed E-state index contributed by atoms with van der Waals surface area (Å²) >= 11 is 6.24. The first-order valence-corrected chi connectivity index (χ1v) is 11.3. The number of anilines is 2. The van der Waals surface area contributed by atoms with Gasteiger partial charge >= 0.3 is 6.09 Å². The lowest BCUT2D eigenvalue weighted by Gasteiger charge is -2.29. The number of carboxylic acid groups (broad SMARTS) is 1. The van der Waals surface area contributed by atoms with Crippen LogP contribution in [0.3, 0.4) is 0 Å². The Hall–Kier alpha value is -2.99. The molecule has 1 aromatic carbocycles. The number of benzene rings is 1. The monoisotopic (exact) mass is 451 g/mol. The molecule has 4 rings (SSSR count). The zero-order chi connectivity index (χ0) is 21.5. The number of hydrogen-bond acceptors (Lipinski definition) is 8. The van der Waals surface area contributed by atoms with Gasteiger partial charge in [-0.3, -0.25) is 0 Å². The number of aromatic nitrogens is 5. The number of nitrogens with zero attached hydrogens (tertiary/aromatic N) is 6. The minimum atomic E-state index is -3.37. The number of sulfone groups is 1. The number of hydrogen-bond donors (Lipinski definition) is 2. The number of rotatable bonds is 4. The number of likely N-dealkylation sites (tertiary alicyclic amines) is 1. The SMILES string of the molecule is CS(=O)(=O)c1ccc(Nc2ncnc3c2nnn3C2CCN(C(=O)O)CC2)c(Cl)c1. The van der Waals surface area contributed by atoms with Gasteiger partial charge in [-0.2, -0.15) is 0 Å². The third-order valence-corrected chi connectivity index (χ3v) is 6.39. The molecule has 2 N–H and O–H groups in total. The highest BCUT2D eigenvalue weighted by molar-refractivity contribution is 7.90. The molecule has 0 spiro atoms. The van der Waals surface area contributed by atoms with E-state index in [0.29, 0.717) is 48.6 Å². The summed E-state index contributed by atoms with van der Waals surface area (Å²) in [7, 11) is -3.37. The first-order chi connectivity index (χ1) is 14.2. The molecule has 1 amide bonds. The Labute approximate surface area is 176 Å². The first kappa shape index (κ1) is 20.3. The van der Waals surface area contributed by atoms with Crippen molar-refractivity contribution in [2.24, 2.45) is 0 Å². The second-order valence-corrected chi connectivity index (χ2v) is 9.39. The van der Waals surface area contributed by atoms with Crippen molar-refractivity contribution >= 4 is 50.2 Å². The standard InChI is InChI=1S/C17H18ClN7O4S/c1-30(28,29)11-2-3-13(12(18)8-11)21-15-14-16(20-9-19-15)25(23-22-14)10-4-6-24(7-5-10)17(26)27/h2-3,8-10H,4-7H2,1H3,(H,26,27)(H,19,20,21). The van der Waals surface area contributed by atoms with Crippen molar-refractivity contribution in [2.75, 3.05) is 24.7 Å². The average Bonchev–Trinajstić information content (AvgIpc) is 3.14. The molecule has 3 heterocycles. The summed E-state index contributed by atoms with van der Waals surface area (Å²) in [6, 6.07) is 4.35. The minimum Gasteiger partial charge on any atom is -0.465 e. The molecule has 158 valence electrons. The molecule has 0 bridgehead atoms. The van der Waals surface area contributed by atoms with Crippen molar-refractivity contribution in [3.63, 3.8) is 0 Å². The van der Waals surface area contributed by atoms with Crippen molar-refractivity contribution in [3.8, 4) is 0 Å². The topological polar surface area (TPSA) is 143 Å². The molecule has 30 heavy (non-hydrogen) atoms. The lowest BCUT2D eigenvalue weighted by molar-refractivity contribution is 0.124. The van der Waals surface area contributed by atoms with Crippen LogP contribution in [-0.4, -0.2) is 68.8 Å². The predicted molar refractivity (Wildman–Crippen MR) is 109 cm³/mol. The van der Waals surface area contributed by atoms with Crippen LogP contribution in [0.4, 0.5) is 16.3 Å². The van der Waals surface area contributed by atoms with Crippen LogP contribution in [-0.2, 0) is 9.84 Å². The van der Waals surface area contributed by atoms with E-state index in [-0.39, 0.29) is 16.0 Å². The van der Waals surface area contributed by atoms with Gasteiger partial charge < -0.3 is 15.3 Å². The van der Waals surface area contributed by atoms with E-state index >= 15 is 0 Å². The largest absolute Gasteiger partial charge is 0.465 e. The van der Waals surface area contributed by atoms with Crippen LogP contribution in [0.1, 0.15) is 18.9 Å². The van der Waals surface area contributed by atoms with Gasteiger partial charge in [-0.25, -0.2) is 27.9 Å². The Kier molecular flexibility index (Phi) is 5.20. The van der Waals surface area contributed by atoms with E-state index in [1.165, 1.54) is 23.4 Å². The van der Waals surface area contributed by atoms with E-state index in [1.54, 1.807) is 10.7 Å². The smallest absolute Gasteiger partial charge is 0.407 e. The molecule has 0 saturated carbocycles. The molecule has 1 saturated heterocycles. The predicted octanol–water partition coefficient (Wildman–Crippen LogP) is 2.34. The van der Waals surface area contributed by atoms with Gasteiger partial charge in [0.2, 0.25) is 0 Å². The average molecular weight is 452 g/mol. The lowest BCUT2D eigenvalue weighted by Crippen LogP contribution is -2.38.